The van der Waals surface area contributed by atoms with Gasteiger partial charge in [0.25, 0.3) is 0 Å². The first kappa shape index (κ1) is 13.2. The first-order valence-corrected chi connectivity index (χ1v) is 6.45. The Kier molecular flexibility index (Phi) is 3.54. The first-order chi connectivity index (χ1) is 8.45. The number of aryl methyl sites for hydroxylation is 1. The number of anilines is 1. The van der Waals surface area contributed by atoms with Crippen molar-refractivity contribution in [2.24, 2.45) is 7.05 Å². The summed E-state index contributed by atoms with van der Waals surface area (Å²) >= 11 is 9.52. The van der Waals surface area contributed by atoms with E-state index in [9.17, 15) is 0 Å². The average molecular weight is 331 g/mol. The molecule has 0 radical (unpaired) electrons. The molecule has 0 aliphatic rings. The zero-order chi connectivity index (χ0) is 13.4. The van der Waals surface area contributed by atoms with Gasteiger partial charge in [-0.1, -0.05) is 11.6 Å². The topological polar surface area (TPSA) is 53.1 Å². The highest BCUT2D eigenvalue weighted by Crippen LogP contribution is 2.39. The van der Waals surface area contributed by atoms with Crippen molar-refractivity contribution in [3.05, 3.63) is 27.3 Å². The number of hydrogen-bond acceptors (Lipinski definition) is 3. The zero-order valence-corrected chi connectivity index (χ0v) is 12.6. The smallest absolute Gasteiger partial charge is 0.201 e. The van der Waals surface area contributed by atoms with Gasteiger partial charge in [-0.05, 0) is 40.5 Å². The molecule has 1 aromatic carbocycles. The van der Waals surface area contributed by atoms with Gasteiger partial charge in [-0.15, -0.1) is 0 Å². The van der Waals surface area contributed by atoms with Crippen molar-refractivity contribution < 1.29 is 4.74 Å². The fourth-order valence-corrected chi connectivity index (χ4v) is 2.88. The second kappa shape index (κ2) is 4.82. The average Bonchev–Trinajstić information content (AvgIpc) is 2.52. The molecule has 0 unspecified atom stereocenters. The van der Waals surface area contributed by atoms with E-state index < -0.39 is 0 Å². The number of rotatable bonds is 2. The zero-order valence-electron chi connectivity index (χ0n) is 10.3. The number of benzene rings is 1. The third-order valence-corrected chi connectivity index (χ3v) is 3.56. The fraction of sp³-hybridized carbons (Fsp3) is 0.250. The van der Waals surface area contributed by atoms with Crippen molar-refractivity contribution in [3.63, 3.8) is 0 Å². The van der Waals surface area contributed by atoms with Crippen LogP contribution in [-0.4, -0.2) is 16.7 Å². The SMILES string of the molecule is COc1c(C)cc(Cl)cc1-c1c(Br)nc(N)n1C. The summed E-state index contributed by atoms with van der Waals surface area (Å²) in [6, 6.07) is 3.70. The minimum Gasteiger partial charge on any atom is -0.496 e. The molecule has 1 heterocycles. The van der Waals surface area contributed by atoms with Gasteiger partial charge >= 0.3 is 0 Å². The van der Waals surface area contributed by atoms with E-state index in [0.29, 0.717) is 15.6 Å². The number of nitrogens with zero attached hydrogens (tertiary/aromatic N) is 2. The minimum absolute atomic E-state index is 0.427. The third kappa shape index (κ3) is 2.08. The number of nitrogens with two attached hydrogens (primary N) is 1. The maximum absolute atomic E-state index is 6.11. The molecular weight excluding hydrogens is 318 g/mol. The Morgan fingerprint density at radius 1 is 1.44 bits per heavy atom. The van der Waals surface area contributed by atoms with Crippen LogP contribution in [0.5, 0.6) is 5.75 Å². The maximum Gasteiger partial charge on any atom is 0.201 e. The van der Waals surface area contributed by atoms with E-state index in [-0.39, 0.29) is 0 Å². The molecule has 18 heavy (non-hydrogen) atoms. The second-order valence-electron chi connectivity index (χ2n) is 3.97. The van der Waals surface area contributed by atoms with Gasteiger partial charge in [0.1, 0.15) is 10.4 Å². The van der Waals surface area contributed by atoms with Crippen LogP contribution in [0.3, 0.4) is 0 Å². The van der Waals surface area contributed by atoms with Gasteiger partial charge in [0.2, 0.25) is 5.95 Å². The molecule has 2 aromatic rings. The maximum atomic E-state index is 6.11. The van der Waals surface area contributed by atoms with Crippen molar-refractivity contribution in [2.75, 3.05) is 12.8 Å². The van der Waals surface area contributed by atoms with Crippen molar-refractivity contribution in [1.82, 2.24) is 9.55 Å². The Labute approximate surface area is 119 Å². The van der Waals surface area contributed by atoms with Crippen molar-refractivity contribution in [1.29, 1.82) is 0 Å². The Morgan fingerprint density at radius 3 is 2.61 bits per heavy atom. The van der Waals surface area contributed by atoms with Crippen LogP contribution in [0.1, 0.15) is 5.56 Å². The number of nitrogen functional groups attached to an aromatic ring is 1. The molecule has 1 aromatic heterocycles. The van der Waals surface area contributed by atoms with Gasteiger partial charge in [0, 0.05) is 17.6 Å². The molecule has 96 valence electrons. The normalized spacial score (nSPS) is 10.7. The Morgan fingerprint density at radius 2 is 2.11 bits per heavy atom. The molecular formula is C12H13BrClN3O. The third-order valence-electron chi connectivity index (χ3n) is 2.79. The summed E-state index contributed by atoms with van der Waals surface area (Å²) in [6.45, 7) is 1.95. The summed E-state index contributed by atoms with van der Waals surface area (Å²) in [4.78, 5) is 4.18. The highest BCUT2D eigenvalue weighted by Gasteiger charge is 2.18. The lowest BCUT2D eigenvalue weighted by molar-refractivity contribution is 0.413. The summed E-state index contributed by atoms with van der Waals surface area (Å²) in [5, 5.41) is 0.648. The van der Waals surface area contributed by atoms with Crippen LogP contribution < -0.4 is 10.5 Å². The monoisotopic (exact) mass is 329 g/mol. The molecule has 0 bridgehead atoms. The summed E-state index contributed by atoms with van der Waals surface area (Å²) in [7, 11) is 3.48. The summed E-state index contributed by atoms with van der Waals surface area (Å²) < 4.78 is 7.90. The molecule has 4 nitrogen and oxygen atoms in total. The molecule has 0 fully saturated rings. The molecule has 0 spiro atoms. The summed E-state index contributed by atoms with van der Waals surface area (Å²) in [6.07, 6.45) is 0. The Bertz CT molecular complexity index is 610. The lowest BCUT2D eigenvalue weighted by Crippen LogP contribution is -2.00. The number of imidazole rings is 1. The van der Waals surface area contributed by atoms with Crippen LogP contribution in [0, 0.1) is 6.92 Å². The quantitative estimate of drug-likeness (QED) is 0.918. The highest BCUT2D eigenvalue weighted by molar-refractivity contribution is 9.10. The number of methoxy groups -OCH3 is 1. The fourth-order valence-electron chi connectivity index (χ4n) is 1.95. The van der Waals surface area contributed by atoms with E-state index in [1.165, 1.54) is 0 Å². The molecule has 0 atom stereocenters. The van der Waals surface area contributed by atoms with E-state index >= 15 is 0 Å². The highest BCUT2D eigenvalue weighted by atomic mass is 79.9. The number of aromatic nitrogens is 2. The van der Waals surface area contributed by atoms with Gasteiger partial charge in [-0.3, -0.25) is 0 Å². The molecule has 6 heteroatoms. The van der Waals surface area contributed by atoms with Crippen LogP contribution in [-0.2, 0) is 7.05 Å². The van der Waals surface area contributed by atoms with E-state index in [1.54, 1.807) is 11.7 Å². The van der Waals surface area contributed by atoms with Gasteiger partial charge in [0.05, 0.1) is 12.8 Å². The van der Waals surface area contributed by atoms with Crippen LogP contribution >= 0.6 is 27.5 Å². The first-order valence-electron chi connectivity index (χ1n) is 5.28. The van der Waals surface area contributed by atoms with E-state index in [1.807, 2.05) is 26.1 Å². The van der Waals surface area contributed by atoms with Crippen LogP contribution in [0.15, 0.2) is 16.7 Å². The molecule has 0 saturated carbocycles. The number of hydrogen-bond donors (Lipinski definition) is 1. The molecule has 2 N–H and O–H groups in total. The predicted molar refractivity (Wildman–Crippen MR) is 77.1 cm³/mol. The van der Waals surface area contributed by atoms with Crippen LogP contribution in [0.2, 0.25) is 5.02 Å². The largest absolute Gasteiger partial charge is 0.496 e. The van der Waals surface area contributed by atoms with Gasteiger partial charge < -0.3 is 15.0 Å². The minimum atomic E-state index is 0.427. The standard InChI is InChI=1S/C12H13BrClN3O/c1-6-4-7(14)5-8(10(6)18-3)9-11(13)16-12(15)17(9)2/h4-5H,1-3H3,(H2,15,16). The van der Waals surface area contributed by atoms with Crippen molar-refractivity contribution in [2.45, 2.75) is 6.92 Å². The van der Waals surface area contributed by atoms with Crippen molar-refractivity contribution >= 4 is 33.5 Å². The summed E-state index contributed by atoms with van der Waals surface area (Å²) in [5.74, 6) is 1.19. The van der Waals surface area contributed by atoms with Crippen LogP contribution in [0.25, 0.3) is 11.3 Å². The lowest BCUT2D eigenvalue weighted by Gasteiger charge is -2.13. The van der Waals surface area contributed by atoms with E-state index in [4.69, 9.17) is 22.1 Å². The predicted octanol–water partition coefficient (Wildman–Crippen LogP) is 3.40. The van der Waals surface area contributed by atoms with Gasteiger partial charge in [0.15, 0.2) is 0 Å². The van der Waals surface area contributed by atoms with E-state index in [0.717, 1.165) is 22.6 Å². The second-order valence-corrected chi connectivity index (χ2v) is 5.16. The Hall–Kier alpha value is -1.20. The Balaban J connectivity index is 2.78. The molecule has 0 aliphatic heterocycles. The van der Waals surface area contributed by atoms with Crippen molar-refractivity contribution in [3.8, 4) is 17.0 Å². The molecule has 2 rings (SSSR count). The van der Waals surface area contributed by atoms with E-state index in [2.05, 4.69) is 20.9 Å². The number of ether oxygens (including phenoxy) is 1. The number of halogens is 2. The van der Waals surface area contributed by atoms with Crippen LogP contribution in [0.4, 0.5) is 5.95 Å². The lowest BCUT2D eigenvalue weighted by atomic mass is 10.1. The molecule has 0 aliphatic carbocycles. The van der Waals surface area contributed by atoms with Gasteiger partial charge in [-0.2, -0.15) is 0 Å². The molecule has 0 saturated heterocycles. The molecule has 0 amide bonds. The van der Waals surface area contributed by atoms with Gasteiger partial charge in [-0.25, -0.2) is 4.98 Å². The summed E-state index contributed by atoms with van der Waals surface area (Å²) in [5.41, 5.74) is 8.46.